The molecule has 0 heterocycles. The lowest BCUT2D eigenvalue weighted by atomic mass is 10.1. The molecule has 0 radical (unpaired) electrons. The van der Waals surface area contributed by atoms with E-state index in [1.165, 1.54) is 0 Å². The zero-order chi connectivity index (χ0) is 11.5. The van der Waals surface area contributed by atoms with Gasteiger partial charge in [-0.3, -0.25) is 4.79 Å². The summed E-state index contributed by atoms with van der Waals surface area (Å²) in [4.78, 5) is 11.3. The van der Waals surface area contributed by atoms with Crippen LogP contribution in [0.25, 0.3) is 0 Å². The van der Waals surface area contributed by atoms with E-state index < -0.39 is 6.04 Å². The van der Waals surface area contributed by atoms with Gasteiger partial charge >= 0.3 is 5.97 Å². The van der Waals surface area contributed by atoms with Crippen molar-refractivity contribution in [2.24, 2.45) is 5.73 Å². The predicted octanol–water partition coefficient (Wildman–Crippen LogP) is 1.47. The molecule has 0 aromatic carbocycles. The van der Waals surface area contributed by atoms with Crippen molar-refractivity contribution in [2.45, 2.75) is 45.6 Å². The summed E-state index contributed by atoms with van der Waals surface area (Å²) >= 11 is 0. The van der Waals surface area contributed by atoms with Gasteiger partial charge in [0.1, 0.15) is 12.6 Å². The molecule has 90 valence electrons. The van der Waals surface area contributed by atoms with Crippen LogP contribution in [0, 0.1) is 0 Å². The Bertz CT molecular complexity index is 162. The number of nitrogens with two attached hydrogens (primary N) is 1. The first-order valence-electron chi connectivity index (χ1n) is 5.72. The number of carbonyl (C=O) groups is 1. The minimum Gasteiger partial charge on any atom is -0.462 e. The molecule has 1 unspecified atom stereocenters. The second kappa shape index (κ2) is 9.93. The molecule has 0 aromatic rings. The first-order chi connectivity index (χ1) is 7.22. The Morgan fingerprint density at radius 3 is 2.53 bits per heavy atom. The third-order valence-corrected chi connectivity index (χ3v) is 1.99. The average Bonchev–Trinajstić information content (AvgIpc) is 2.25. The molecule has 2 N–H and O–H groups in total. The van der Waals surface area contributed by atoms with E-state index >= 15 is 0 Å². The molecule has 0 aromatic heterocycles. The van der Waals surface area contributed by atoms with E-state index in [4.69, 9.17) is 15.2 Å². The highest BCUT2D eigenvalue weighted by Crippen LogP contribution is 1.99. The Hall–Kier alpha value is -0.610. The highest BCUT2D eigenvalue weighted by Gasteiger charge is 2.13. The standard InChI is InChI=1S/C11H23NO3/c1-3-5-6-10(12)11(13)15-9-8-14-7-4-2/h10H,3-9,12H2,1-2H3. The Morgan fingerprint density at radius 2 is 1.93 bits per heavy atom. The minimum absolute atomic E-state index is 0.304. The Kier molecular flexibility index (Phi) is 9.52. The van der Waals surface area contributed by atoms with Crippen molar-refractivity contribution in [1.82, 2.24) is 0 Å². The lowest BCUT2D eigenvalue weighted by molar-refractivity contribution is -0.146. The van der Waals surface area contributed by atoms with E-state index in [-0.39, 0.29) is 5.97 Å². The van der Waals surface area contributed by atoms with Crippen LogP contribution in [0.5, 0.6) is 0 Å². The molecular formula is C11H23NO3. The van der Waals surface area contributed by atoms with Gasteiger partial charge in [-0.2, -0.15) is 0 Å². The molecule has 4 heteroatoms. The fraction of sp³-hybridized carbons (Fsp3) is 0.909. The van der Waals surface area contributed by atoms with Gasteiger partial charge in [-0.1, -0.05) is 26.7 Å². The highest BCUT2D eigenvalue weighted by atomic mass is 16.6. The van der Waals surface area contributed by atoms with Gasteiger partial charge in [-0.05, 0) is 12.8 Å². The molecule has 4 nitrogen and oxygen atoms in total. The number of ether oxygens (including phenoxy) is 2. The topological polar surface area (TPSA) is 61.6 Å². The maximum atomic E-state index is 11.3. The van der Waals surface area contributed by atoms with Crippen molar-refractivity contribution < 1.29 is 14.3 Å². The smallest absolute Gasteiger partial charge is 0.322 e. The third-order valence-electron chi connectivity index (χ3n) is 1.99. The van der Waals surface area contributed by atoms with Crippen LogP contribution in [-0.2, 0) is 14.3 Å². The number of hydrogen-bond donors (Lipinski definition) is 1. The average molecular weight is 217 g/mol. The fourth-order valence-electron chi connectivity index (χ4n) is 1.10. The summed E-state index contributed by atoms with van der Waals surface area (Å²) in [6, 6.07) is -0.476. The van der Waals surface area contributed by atoms with E-state index in [1.807, 2.05) is 6.92 Å². The molecule has 1 atom stereocenters. The minimum atomic E-state index is -0.476. The number of esters is 1. The predicted molar refractivity (Wildman–Crippen MR) is 59.6 cm³/mol. The summed E-state index contributed by atoms with van der Waals surface area (Å²) in [6.07, 6.45) is 3.68. The highest BCUT2D eigenvalue weighted by molar-refractivity contribution is 5.75. The third kappa shape index (κ3) is 8.39. The normalized spacial score (nSPS) is 12.5. The van der Waals surface area contributed by atoms with Gasteiger partial charge in [0.2, 0.25) is 0 Å². The molecule has 0 aliphatic heterocycles. The zero-order valence-corrected chi connectivity index (χ0v) is 9.83. The van der Waals surface area contributed by atoms with E-state index in [1.54, 1.807) is 0 Å². The van der Waals surface area contributed by atoms with E-state index in [0.29, 0.717) is 26.2 Å². The zero-order valence-electron chi connectivity index (χ0n) is 9.83. The SMILES string of the molecule is CCCCC(N)C(=O)OCCOCCC. The fourth-order valence-corrected chi connectivity index (χ4v) is 1.10. The lowest BCUT2D eigenvalue weighted by Gasteiger charge is -2.10. The van der Waals surface area contributed by atoms with Crippen LogP contribution >= 0.6 is 0 Å². The molecule has 0 saturated carbocycles. The van der Waals surface area contributed by atoms with Crippen molar-refractivity contribution in [2.75, 3.05) is 19.8 Å². The lowest BCUT2D eigenvalue weighted by Crippen LogP contribution is -2.32. The van der Waals surface area contributed by atoms with Gasteiger partial charge in [0, 0.05) is 6.61 Å². The molecular weight excluding hydrogens is 194 g/mol. The maximum absolute atomic E-state index is 11.3. The number of carbonyl (C=O) groups excluding carboxylic acids is 1. The Balaban J connectivity index is 3.38. The molecule has 0 amide bonds. The van der Waals surface area contributed by atoms with Gasteiger partial charge in [0.15, 0.2) is 0 Å². The molecule has 0 aliphatic carbocycles. The molecule has 0 fully saturated rings. The van der Waals surface area contributed by atoms with Gasteiger partial charge in [-0.15, -0.1) is 0 Å². The molecule has 0 saturated heterocycles. The molecule has 0 spiro atoms. The first-order valence-corrected chi connectivity index (χ1v) is 5.72. The summed E-state index contributed by atoms with van der Waals surface area (Å²) in [5.74, 6) is -0.316. The Morgan fingerprint density at radius 1 is 1.20 bits per heavy atom. The number of hydrogen-bond acceptors (Lipinski definition) is 4. The van der Waals surface area contributed by atoms with Gasteiger partial charge < -0.3 is 15.2 Å². The quantitative estimate of drug-likeness (QED) is 0.469. The molecule has 0 aliphatic rings. The summed E-state index contributed by atoms with van der Waals surface area (Å²) in [7, 11) is 0. The van der Waals surface area contributed by atoms with Crippen molar-refractivity contribution in [1.29, 1.82) is 0 Å². The van der Waals surface area contributed by atoms with Crippen LogP contribution in [0.4, 0.5) is 0 Å². The van der Waals surface area contributed by atoms with Crippen LogP contribution in [0.3, 0.4) is 0 Å². The largest absolute Gasteiger partial charge is 0.462 e. The van der Waals surface area contributed by atoms with E-state index in [2.05, 4.69) is 6.92 Å². The van der Waals surface area contributed by atoms with Gasteiger partial charge in [0.25, 0.3) is 0 Å². The second-order valence-corrected chi connectivity index (χ2v) is 3.53. The monoisotopic (exact) mass is 217 g/mol. The summed E-state index contributed by atoms with van der Waals surface area (Å²) in [5, 5.41) is 0. The van der Waals surface area contributed by atoms with Crippen molar-refractivity contribution >= 4 is 5.97 Å². The maximum Gasteiger partial charge on any atom is 0.322 e. The van der Waals surface area contributed by atoms with Crippen LogP contribution < -0.4 is 5.73 Å². The molecule has 15 heavy (non-hydrogen) atoms. The summed E-state index contributed by atoms with van der Waals surface area (Å²) in [5.41, 5.74) is 5.63. The van der Waals surface area contributed by atoms with Crippen molar-refractivity contribution in [3.63, 3.8) is 0 Å². The van der Waals surface area contributed by atoms with Crippen LogP contribution in [-0.4, -0.2) is 31.8 Å². The second-order valence-electron chi connectivity index (χ2n) is 3.53. The van der Waals surface area contributed by atoms with Crippen LogP contribution in [0.1, 0.15) is 39.5 Å². The first kappa shape index (κ1) is 14.4. The molecule has 0 bridgehead atoms. The summed E-state index contributed by atoms with van der Waals surface area (Å²) in [6.45, 7) is 5.57. The van der Waals surface area contributed by atoms with E-state index in [9.17, 15) is 4.79 Å². The van der Waals surface area contributed by atoms with Crippen molar-refractivity contribution in [3.8, 4) is 0 Å². The van der Waals surface area contributed by atoms with Gasteiger partial charge in [0.05, 0.1) is 6.61 Å². The number of unbranched alkanes of at least 4 members (excludes halogenated alkanes) is 1. The van der Waals surface area contributed by atoms with Gasteiger partial charge in [-0.25, -0.2) is 0 Å². The van der Waals surface area contributed by atoms with E-state index in [0.717, 1.165) is 19.3 Å². The number of rotatable bonds is 9. The molecule has 0 rings (SSSR count). The van der Waals surface area contributed by atoms with Crippen LogP contribution in [0.15, 0.2) is 0 Å². The van der Waals surface area contributed by atoms with Crippen molar-refractivity contribution in [3.05, 3.63) is 0 Å². The van der Waals surface area contributed by atoms with Crippen LogP contribution in [0.2, 0.25) is 0 Å². The summed E-state index contributed by atoms with van der Waals surface area (Å²) < 4.78 is 10.1. The Labute approximate surface area is 92.1 Å².